The molecule has 0 aliphatic heterocycles. The smallest absolute Gasteiger partial charge is 0.372 e. The summed E-state index contributed by atoms with van der Waals surface area (Å²) in [5.41, 5.74) is 0.866. The maximum atomic E-state index is 11.8. The lowest BCUT2D eigenvalue weighted by Crippen LogP contribution is -2.17. The molecule has 0 aromatic heterocycles. The highest BCUT2D eigenvalue weighted by atomic mass is 79.9. The van der Waals surface area contributed by atoms with Crippen LogP contribution in [-0.2, 0) is 4.74 Å². The van der Waals surface area contributed by atoms with Crippen LogP contribution in [0.3, 0.4) is 0 Å². The van der Waals surface area contributed by atoms with Crippen LogP contribution >= 0.6 is 27.5 Å². The average Bonchev–Trinajstić information content (AvgIpc) is 2.24. The normalized spacial score (nSPS) is 13.7. The van der Waals surface area contributed by atoms with Crippen LogP contribution in [-0.4, -0.2) is 19.4 Å². The van der Waals surface area contributed by atoms with Gasteiger partial charge >= 0.3 is 6.18 Å². The van der Waals surface area contributed by atoms with Crippen molar-refractivity contribution >= 4 is 27.5 Å². The topological polar surface area (TPSA) is 9.23 Å². The Hall–Kier alpha value is -0.260. The molecular weight excluding hydrogens is 320 g/mol. The Morgan fingerprint density at radius 2 is 1.82 bits per heavy atom. The average molecular weight is 332 g/mol. The molecule has 17 heavy (non-hydrogen) atoms. The van der Waals surface area contributed by atoms with Crippen LogP contribution in [0.2, 0.25) is 0 Å². The zero-order valence-corrected chi connectivity index (χ0v) is 11.1. The summed E-state index contributed by atoms with van der Waals surface area (Å²) in [6, 6.07) is 7.32. The van der Waals surface area contributed by atoms with Crippen molar-refractivity contribution in [3.8, 4) is 0 Å². The van der Waals surface area contributed by atoms with Gasteiger partial charge in [-0.15, -0.1) is 11.6 Å². The predicted molar refractivity (Wildman–Crippen MR) is 64.2 cm³/mol. The van der Waals surface area contributed by atoms with E-state index in [0.717, 1.165) is 10.0 Å². The van der Waals surface area contributed by atoms with Gasteiger partial charge in [-0.1, -0.05) is 28.1 Å². The SMILES string of the molecule is FC(F)(F)COCCC(Cl)c1ccc(Br)cc1. The van der Waals surface area contributed by atoms with E-state index in [9.17, 15) is 13.2 Å². The van der Waals surface area contributed by atoms with Crippen molar-refractivity contribution in [1.82, 2.24) is 0 Å². The van der Waals surface area contributed by atoms with Crippen LogP contribution in [0.25, 0.3) is 0 Å². The molecule has 6 heteroatoms. The Kier molecular flexibility index (Phi) is 5.76. The molecule has 0 aliphatic carbocycles. The highest BCUT2D eigenvalue weighted by molar-refractivity contribution is 9.10. The highest BCUT2D eigenvalue weighted by Gasteiger charge is 2.27. The van der Waals surface area contributed by atoms with Gasteiger partial charge in [0, 0.05) is 11.1 Å². The Labute approximate surface area is 111 Å². The molecule has 0 radical (unpaired) electrons. The molecule has 0 fully saturated rings. The molecule has 1 nitrogen and oxygen atoms in total. The molecule has 1 atom stereocenters. The van der Waals surface area contributed by atoms with Crippen molar-refractivity contribution in [2.45, 2.75) is 18.0 Å². The summed E-state index contributed by atoms with van der Waals surface area (Å²) in [6.07, 6.45) is -3.93. The third kappa shape index (κ3) is 6.29. The van der Waals surface area contributed by atoms with Crippen molar-refractivity contribution in [2.75, 3.05) is 13.2 Å². The van der Waals surface area contributed by atoms with Crippen molar-refractivity contribution in [2.24, 2.45) is 0 Å². The van der Waals surface area contributed by atoms with Gasteiger partial charge in [-0.2, -0.15) is 13.2 Å². The van der Waals surface area contributed by atoms with Crippen LogP contribution in [0.15, 0.2) is 28.7 Å². The quantitative estimate of drug-likeness (QED) is 0.561. The Bertz CT molecular complexity index is 340. The predicted octanol–water partition coefficient (Wildman–Crippen LogP) is 4.70. The maximum absolute atomic E-state index is 11.8. The van der Waals surface area contributed by atoms with Crippen molar-refractivity contribution in [3.05, 3.63) is 34.3 Å². The summed E-state index contributed by atoms with van der Waals surface area (Å²) in [4.78, 5) is 0. The Balaban J connectivity index is 2.30. The Morgan fingerprint density at radius 1 is 1.24 bits per heavy atom. The van der Waals surface area contributed by atoms with E-state index in [1.54, 1.807) is 0 Å². The van der Waals surface area contributed by atoms with Gasteiger partial charge in [0.2, 0.25) is 0 Å². The summed E-state index contributed by atoms with van der Waals surface area (Å²) in [5.74, 6) is 0. The van der Waals surface area contributed by atoms with E-state index in [4.69, 9.17) is 11.6 Å². The molecule has 96 valence electrons. The monoisotopic (exact) mass is 330 g/mol. The number of alkyl halides is 4. The third-order valence-electron chi connectivity index (χ3n) is 2.01. The Morgan fingerprint density at radius 3 is 2.35 bits per heavy atom. The fourth-order valence-corrected chi connectivity index (χ4v) is 1.71. The van der Waals surface area contributed by atoms with Crippen LogP contribution in [0.5, 0.6) is 0 Å². The minimum atomic E-state index is -4.28. The number of benzene rings is 1. The standard InChI is InChI=1S/C11H11BrClF3O/c12-9-3-1-8(2-4-9)10(13)5-6-17-7-11(14,15)16/h1-4,10H,5-7H2. The minimum absolute atomic E-state index is 0.0102. The van der Waals surface area contributed by atoms with Gasteiger partial charge in [-0.25, -0.2) is 0 Å². The number of ether oxygens (including phenoxy) is 1. The second-order valence-corrected chi connectivity index (χ2v) is 4.92. The molecule has 1 aromatic rings. The summed E-state index contributed by atoms with van der Waals surface area (Å²) in [6.45, 7) is -1.24. The lowest BCUT2D eigenvalue weighted by molar-refractivity contribution is -0.174. The lowest BCUT2D eigenvalue weighted by atomic mass is 10.1. The van der Waals surface area contributed by atoms with Gasteiger partial charge in [0.25, 0.3) is 0 Å². The molecule has 0 N–H and O–H groups in total. The molecule has 0 spiro atoms. The molecule has 0 heterocycles. The van der Waals surface area contributed by atoms with Gasteiger partial charge in [0.05, 0.1) is 5.38 Å². The zero-order chi connectivity index (χ0) is 12.9. The first kappa shape index (κ1) is 14.8. The third-order valence-corrected chi connectivity index (χ3v) is 3.01. The maximum Gasteiger partial charge on any atom is 0.411 e. The van der Waals surface area contributed by atoms with Crippen molar-refractivity contribution in [3.63, 3.8) is 0 Å². The van der Waals surface area contributed by atoms with Crippen LogP contribution in [0.1, 0.15) is 17.4 Å². The van der Waals surface area contributed by atoms with Crippen molar-refractivity contribution in [1.29, 1.82) is 0 Å². The number of hydrogen-bond acceptors (Lipinski definition) is 1. The molecule has 1 rings (SSSR count). The van der Waals surface area contributed by atoms with Gasteiger partial charge in [0.15, 0.2) is 0 Å². The first-order valence-corrected chi connectivity index (χ1v) is 6.15. The van der Waals surface area contributed by atoms with Crippen molar-refractivity contribution < 1.29 is 17.9 Å². The van der Waals surface area contributed by atoms with E-state index in [1.165, 1.54) is 0 Å². The highest BCUT2D eigenvalue weighted by Crippen LogP contribution is 2.25. The van der Waals surface area contributed by atoms with Gasteiger partial charge < -0.3 is 4.74 Å². The van der Waals surface area contributed by atoms with Crippen LogP contribution in [0, 0.1) is 0 Å². The van der Waals surface area contributed by atoms with Gasteiger partial charge in [0.1, 0.15) is 6.61 Å². The van der Waals surface area contributed by atoms with E-state index >= 15 is 0 Å². The number of hydrogen-bond donors (Lipinski definition) is 0. The van der Waals surface area contributed by atoms with E-state index in [1.807, 2.05) is 24.3 Å². The molecule has 0 amide bonds. The number of rotatable bonds is 5. The molecule has 1 unspecified atom stereocenters. The van der Waals surface area contributed by atoms with E-state index in [2.05, 4.69) is 20.7 Å². The minimum Gasteiger partial charge on any atom is -0.372 e. The fraction of sp³-hybridized carbons (Fsp3) is 0.455. The van der Waals surface area contributed by atoms with E-state index < -0.39 is 12.8 Å². The first-order chi connectivity index (χ1) is 7.88. The molecule has 0 bridgehead atoms. The molecule has 1 aromatic carbocycles. The molecule has 0 aliphatic rings. The lowest BCUT2D eigenvalue weighted by Gasteiger charge is -2.11. The number of halogens is 5. The molecule has 0 saturated heterocycles. The largest absolute Gasteiger partial charge is 0.411 e. The second kappa shape index (κ2) is 6.61. The molecule has 0 saturated carbocycles. The first-order valence-electron chi connectivity index (χ1n) is 4.92. The van der Waals surface area contributed by atoms with E-state index in [-0.39, 0.29) is 12.0 Å². The van der Waals surface area contributed by atoms with Gasteiger partial charge in [-0.3, -0.25) is 0 Å². The molecular formula is C11H11BrClF3O. The van der Waals surface area contributed by atoms with E-state index in [0.29, 0.717) is 6.42 Å². The van der Waals surface area contributed by atoms with Crippen LogP contribution in [0.4, 0.5) is 13.2 Å². The summed E-state index contributed by atoms with van der Waals surface area (Å²) < 4.78 is 40.8. The summed E-state index contributed by atoms with van der Waals surface area (Å²) in [7, 11) is 0. The fourth-order valence-electron chi connectivity index (χ4n) is 1.21. The van der Waals surface area contributed by atoms with Gasteiger partial charge in [-0.05, 0) is 24.1 Å². The zero-order valence-electron chi connectivity index (χ0n) is 8.81. The van der Waals surface area contributed by atoms with Crippen LogP contribution < -0.4 is 0 Å². The summed E-state index contributed by atoms with van der Waals surface area (Å²) >= 11 is 9.32. The second-order valence-electron chi connectivity index (χ2n) is 3.48. The summed E-state index contributed by atoms with van der Waals surface area (Å²) in [5, 5.41) is -0.337.